The molecule has 0 bridgehead atoms. The van der Waals surface area contributed by atoms with Crippen LogP contribution in [0.5, 0.6) is 0 Å². The zero-order valence-electron chi connectivity index (χ0n) is 9.09. The minimum absolute atomic E-state index is 0.186. The van der Waals surface area contributed by atoms with Gasteiger partial charge in [-0.25, -0.2) is 0 Å². The van der Waals surface area contributed by atoms with Crippen molar-refractivity contribution < 1.29 is 4.79 Å². The van der Waals surface area contributed by atoms with Gasteiger partial charge >= 0.3 is 0 Å². The Morgan fingerprint density at radius 3 is 2.76 bits per heavy atom. The van der Waals surface area contributed by atoms with Crippen LogP contribution in [0.25, 0.3) is 0 Å². The minimum Gasteiger partial charge on any atom is -0.399 e. The van der Waals surface area contributed by atoms with Gasteiger partial charge in [-0.05, 0) is 24.1 Å². The lowest BCUT2D eigenvalue weighted by atomic mass is 10.1. The van der Waals surface area contributed by atoms with E-state index in [2.05, 4.69) is 14.1 Å². The van der Waals surface area contributed by atoms with Gasteiger partial charge < -0.3 is 11.1 Å². The number of carbonyl (C=O) groups is 1. The zero-order chi connectivity index (χ0) is 12.1. The summed E-state index contributed by atoms with van der Waals surface area (Å²) < 4.78 is 7.63. The molecule has 0 atom stereocenters. The smallest absolute Gasteiger partial charge is 0.272 e. The van der Waals surface area contributed by atoms with Crippen molar-refractivity contribution in [2.75, 3.05) is 12.3 Å². The molecule has 1 aromatic carbocycles. The highest BCUT2D eigenvalue weighted by molar-refractivity contribution is 6.99. The summed E-state index contributed by atoms with van der Waals surface area (Å²) in [6.45, 7) is 0.570. The Balaban J connectivity index is 1.80. The first kappa shape index (κ1) is 11.5. The van der Waals surface area contributed by atoms with Crippen LogP contribution >= 0.6 is 11.7 Å². The van der Waals surface area contributed by atoms with Crippen LogP contribution in [0.1, 0.15) is 16.1 Å². The van der Waals surface area contributed by atoms with Crippen molar-refractivity contribution in [1.29, 1.82) is 0 Å². The predicted molar refractivity (Wildman–Crippen MR) is 66.8 cm³/mol. The molecule has 2 aromatic rings. The maximum absolute atomic E-state index is 11.5. The average Bonchev–Trinajstić information content (AvgIpc) is 2.85. The van der Waals surface area contributed by atoms with Crippen LogP contribution in [-0.4, -0.2) is 21.2 Å². The van der Waals surface area contributed by atoms with Crippen LogP contribution in [0.2, 0.25) is 0 Å². The Hall–Kier alpha value is -1.95. The second-order valence-electron chi connectivity index (χ2n) is 3.54. The molecule has 0 fully saturated rings. The third-order valence-corrected chi connectivity index (χ3v) is 2.75. The second-order valence-corrected chi connectivity index (χ2v) is 4.10. The summed E-state index contributed by atoms with van der Waals surface area (Å²) in [5, 5.41) is 2.78. The van der Waals surface area contributed by atoms with E-state index in [1.54, 1.807) is 0 Å². The van der Waals surface area contributed by atoms with Gasteiger partial charge in [-0.2, -0.15) is 8.75 Å². The van der Waals surface area contributed by atoms with Crippen LogP contribution in [-0.2, 0) is 6.42 Å². The number of carbonyl (C=O) groups excluding carboxylic acids is 1. The van der Waals surface area contributed by atoms with E-state index in [1.807, 2.05) is 24.3 Å². The van der Waals surface area contributed by atoms with E-state index >= 15 is 0 Å². The lowest BCUT2D eigenvalue weighted by Gasteiger charge is -2.03. The van der Waals surface area contributed by atoms with E-state index in [-0.39, 0.29) is 5.91 Å². The van der Waals surface area contributed by atoms with Gasteiger partial charge in [-0.1, -0.05) is 12.1 Å². The van der Waals surface area contributed by atoms with Crippen molar-refractivity contribution in [1.82, 2.24) is 14.1 Å². The van der Waals surface area contributed by atoms with Gasteiger partial charge in [0.1, 0.15) is 0 Å². The van der Waals surface area contributed by atoms with E-state index < -0.39 is 0 Å². The number of aromatic nitrogens is 2. The van der Waals surface area contributed by atoms with Crippen LogP contribution in [0.15, 0.2) is 30.5 Å². The summed E-state index contributed by atoms with van der Waals surface area (Å²) in [6.07, 6.45) is 2.23. The molecule has 0 aliphatic heterocycles. The summed E-state index contributed by atoms with van der Waals surface area (Å²) in [4.78, 5) is 11.5. The number of hydrogen-bond acceptors (Lipinski definition) is 5. The molecule has 0 saturated heterocycles. The topological polar surface area (TPSA) is 80.9 Å². The summed E-state index contributed by atoms with van der Waals surface area (Å²) >= 11 is 1.02. The summed E-state index contributed by atoms with van der Waals surface area (Å²) in [6, 6.07) is 7.60. The van der Waals surface area contributed by atoms with Gasteiger partial charge in [0, 0.05) is 12.2 Å². The monoisotopic (exact) mass is 248 g/mol. The number of hydrogen-bond donors (Lipinski definition) is 2. The molecule has 3 N–H and O–H groups in total. The Kier molecular flexibility index (Phi) is 3.66. The highest BCUT2D eigenvalue weighted by Gasteiger charge is 2.07. The molecule has 6 heteroatoms. The molecule has 0 unspecified atom stereocenters. The lowest BCUT2D eigenvalue weighted by molar-refractivity contribution is 0.0950. The van der Waals surface area contributed by atoms with Crippen LogP contribution < -0.4 is 11.1 Å². The molecule has 1 amide bonds. The fourth-order valence-corrected chi connectivity index (χ4v) is 1.77. The third kappa shape index (κ3) is 3.25. The number of nitrogens with one attached hydrogen (secondary N) is 1. The molecular formula is C11H12N4OS. The normalized spacial score (nSPS) is 10.1. The van der Waals surface area contributed by atoms with Crippen molar-refractivity contribution in [3.63, 3.8) is 0 Å². The average molecular weight is 248 g/mol. The molecular weight excluding hydrogens is 236 g/mol. The Labute approximate surface area is 103 Å². The van der Waals surface area contributed by atoms with Crippen molar-refractivity contribution in [2.45, 2.75) is 6.42 Å². The number of nitrogens with two attached hydrogens (primary N) is 1. The summed E-state index contributed by atoms with van der Waals surface area (Å²) in [5.74, 6) is -0.186. The third-order valence-electron chi connectivity index (χ3n) is 2.27. The molecule has 88 valence electrons. The largest absolute Gasteiger partial charge is 0.399 e. The van der Waals surface area contributed by atoms with E-state index in [9.17, 15) is 4.79 Å². The van der Waals surface area contributed by atoms with Crippen molar-refractivity contribution in [3.05, 3.63) is 41.7 Å². The standard InChI is InChI=1S/C11H12N4OS/c12-9-3-1-8(2-4-9)5-6-13-11(16)10-7-14-17-15-10/h1-4,7H,5-6,12H2,(H,13,16). The van der Waals surface area contributed by atoms with E-state index in [4.69, 9.17) is 5.73 Å². The maximum Gasteiger partial charge on any atom is 0.272 e. The fourth-order valence-electron chi connectivity index (χ4n) is 1.36. The SMILES string of the molecule is Nc1ccc(CCNC(=O)c2cnsn2)cc1. The Bertz CT molecular complexity index is 481. The number of anilines is 1. The van der Waals surface area contributed by atoms with Crippen LogP contribution in [0.3, 0.4) is 0 Å². The van der Waals surface area contributed by atoms with Crippen molar-refractivity contribution in [3.8, 4) is 0 Å². The van der Waals surface area contributed by atoms with Gasteiger partial charge in [0.05, 0.1) is 17.9 Å². The number of amides is 1. The van der Waals surface area contributed by atoms with Gasteiger partial charge in [-0.15, -0.1) is 0 Å². The van der Waals surface area contributed by atoms with Gasteiger partial charge in [0.25, 0.3) is 5.91 Å². The molecule has 0 radical (unpaired) electrons. The molecule has 1 aromatic heterocycles. The predicted octanol–water partition coefficient (Wildman–Crippen LogP) is 1.09. The Morgan fingerprint density at radius 1 is 1.35 bits per heavy atom. The molecule has 17 heavy (non-hydrogen) atoms. The van der Waals surface area contributed by atoms with Gasteiger partial charge in [0.15, 0.2) is 5.69 Å². The number of rotatable bonds is 4. The van der Waals surface area contributed by atoms with Gasteiger partial charge in [0.2, 0.25) is 0 Å². The van der Waals surface area contributed by atoms with E-state index in [0.29, 0.717) is 12.2 Å². The second kappa shape index (κ2) is 5.40. The zero-order valence-corrected chi connectivity index (χ0v) is 9.91. The molecule has 1 heterocycles. The fraction of sp³-hybridized carbons (Fsp3) is 0.182. The molecule has 0 aliphatic carbocycles. The number of nitrogen functional groups attached to an aromatic ring is 1. The first-order valence-electron chi connectivity index (χ1n) is 5.16. The first-order chi connectivity index (χ1) is 8.25. The quantitative estimate of drug-likeness (QED) is 0.794. The summed E-state index contributed by atoms with van der Waals surface area (Å²) in [7, 11) is 0. The van der Waals surface area contributed by atoms with Crippen molar-refractivity contribution in [2.24, 2.45) is 0 Å². The molecule has 5 nitrogen and oxygen atoms in total. The lowest BCUT2D eigenvalue weighted by Crippen LogP contribution is -2.25. The highest BCUT2D eigenvalue weighted by Crippen LogP contribution is 2.05. The molecule has 2 rings (SSSR count). The number of benzene rings is 1. The molecule has 0 spiro atoms. The minimum atomic E-state index is -0.186. The Morgan fingerprint density at radius 2 is 2.12 bits per heavy atom. The van der Waals surface area contributed by atoms with Crippen LogP contribution in [0.4, 0.5) is 5.69 Å². The van der Waals surface area contributed by atoms with E-state index in [0.717, 1.165) is 29.4 Å². The molecule has 0 saturated carbocycles. The van der Waals surface area contributed by atoms with Crippen molar-refractivity contribution >= 4 is 23.3 Å². The van der Waals surface area contributed by atoms with E-state index in [1.165, 1.54) is 6.20 Å². The maximum atomic E-state index is 11.5. The first-order valence-corrected chi connectivity index (χ1v) is 5.89. The molecule has 0 aliphatic rings. The van der Waals surface area contributed by atoms with Crippen LogP contribution in [0, 0.1) is 0 Å². The summed E-state index contributed by atoms with van der Waals surface area (Å²) in [5.41, 5.74) is 7.83. The number of nitrogens with zero attached hydrogens (tertiary/aromatic N) is 2. The highest BCUT2D eigenvalue weighted by atomic mass is 32.1. The van der Waals surface area contributed by atoms with Gasteiger partial charge in [-0.3, -0.25) is 4.79 Å².